The SMILES string of the molecule is Cc1cc(NS(=O)(=O)c2ccc(O)c(N)c2)ccc1Br. The zero-order valence-electron chi connectivity index (χ0n) is 10.6. The number of nitrogen functional groups attached to an aromatic ring is 1. The zero-order chi connectivity index (χ0) is 14.9. The lowest BCUT2D eigenvalue weighted by Gasteiger charge is -2.10. The van der Waals surface area contributed by atoms with E-state index >= 15 is 0 Å². The number of phenols is 1. The number of sulfonamides is 1. The number of rotatable bonds is 3. The monoisotopic (exact) mass is 356 g/mol. The van der Waals surface area contributed by atoms with E-state index in [1.807, 2.05) is 6.92 Å². The van der Waals surface area contributed by atoms with E-state index in [9.17, 15) is 13.5 Å². The number of aryl methyl sites for hydroxylation is 1. The first-order chi connectivity index (χ1) is 9.29. The summed E-state index contributed by atoms with van der Waals surface area (Å²) in [7, 11) is -3.74. The van der Waals surface area contributed by atoms with Crippen molar-refractivity contribution in [3.05, 3.63) is 46.4 Å². The van der Waals surface area contributed by atoms with Crippen LogP contribution in [0.15, 0.2) is 45.8 Å². The summed E-state index contributed by atoms with van der Waals surface area (Å²) in [6.45, 7) is 1.86. The fraction of sp³-hybridized carbons (Fsp3) is 0.0769. The molecular formula is C13H13BrN2O3S. The van der Waals surface area contributed by atoms with Crippen LogP contribution < -0.4 is 10.5 Å². The third kappa shape index (κ3) is 3.05. The highest BCUT2D eigenvalue weighted by Crippen LogP contribution is 2.26. The average Bonchev–Trinajstić information content (AvgIpc) is 2.37. The van der Waals surface area contributed by atoms with E-state index in [1.165, 1.54) is 18.2 Å². The van der Waals surface area contributed by atoms with Crippen molar-refractivity contribution in [1.82, 2.24) is 0 Å². The molecule has 5 nitrogen and oxygen atoms in total. The van der Waals surface area contributed by atoms with Crippen molar-refractivity contribution in [2.75, 3.05) is 10.5 Å². The number of halogens is 1. The molecule has 0 saturated heterocycles. The van der Waals surface area contributed by atoms with Gasteiger partial charge in [0.05, 0.1) is 10.6 Å². The van der Waals surface area contributed by atoms with Gasteiger partial charge in [-0.2, -0.15) is 0 Å². The minimum atomic E-state index is -3.74. The Kier molecular flexibility index (Phi) is 3.92. The minimum Gasteiger partial charge on any atom is -0.506 e. The maximum atomic E-state index is 12.2. The molecule has 0 atom stereocenters. The number of anilines is 2. The van der Waals surface area contributed by atoms with E-state index in [4.69, 9.17) is 5.73 Å². The molecule has 20 heavy (non-hydrogen) atoms. The van der Waals surface area contributed by atoms with Crippen molar-refractivity contribution in [3.8, 4) is 5.75 Å². The summed E-state index contributed by atoms with van der Waals surface area (Å²) in [4.78, 5) is -0.00614. The van der Waals surface area contributed by atoms with Crippen molar-refractivity contribution in [3.63, 3.8) is 0 Å². The molecule has 106 valence electrons. The number of nitrogens with two attached hydrogens (primary N) is 1. The van der Waals surface area contributed by atoms with E-state index in [1.54, 1.807) is 18.2 Å². The quantitative estimate of drug-likeness (QED) is 0.582. The smallest absolute Gasteiger partial charge is 0.261 e. The van der Waals surface area contributed by atoms with Gasteiger partial charge in [0.25, 0.3) is 10.0 Å². The number of hydrogen-bond acceptors (Lipinski definition) is 4. The largest absolute Gasteiger partial charge is 0.506 e. The van der Waals surface area contributed by atoms with Gasteiger partial charge in [0.15, 0.2) is 0 Å². The van der Waals surface area contributed by atoms with Crippen LogP contribution in [-0.4, -0.2) is 13.5 Å². The van der Waals surface area contributed by atoms with Crippen molar-refractivity contribution >= 4 is 37.3 Å². The van der Waals surface area contributed by atoms with Gasteiger partial charge in [0, 0.05) is 10.2 Å². The van der Waals surface area contributed by atoms with Gasteiger partial charge in [-0.1, -0.05) is 15.9 Å². The molecule has 0 bridgehead atoms. The molecule has 0 unspecified atom stereocenters. The fourth-order valence-electron chi connectivity index (χ4n) is 1.62. The molecule has 2 aromatic rings. The van der Waals surface area contributed by atoms with Crippen LogP contribution in [0.25, 0.3) is 0 Å². The Labute approximate surface area is 125 Å². The van der Waals surface area contributed by atoms with Crippen molar-refractivity contribution in [2.24, 2.45) is 0 Å². The van der Waals surface area contributed by atoms with Crippen molar-refractivity contribution < 1.29 is 13.5 Å². The van der Waals surface area contributed by atoms with Gasteiger partial charge in [0.2, 0.25) is 0 Å². The molecule has 0 heterocycles. The van der Waals surface area contributed by atoms with E-state index in [0.29, 0.717) is 5.69 Å². The Hall–Kier alpha value is -1.73. The van der Waals surface area contributed by atoms with Gasteiger partial charge in [-0.3, -0.25) is 4.72 Å². The van der Waals surface area contributed by atoms with Crippen molar-refractivity contribution in [2.45, 2.75) is 11.8 Å². The lowest BCUT2D eigenvalue weighted by molar-refractivity contribution is 0.477. The zero-order valence-corrected chi connectivity index (χ0v) is 13.0. The van der Waals surface area contributed by atoms with Crippen LogP contribution in [0.3, 0.4) is 0 Å². The first-order valence-electron chi connectivity index (χ1n) is 5.67. The predicted octanol–water partition coefficient (Wildman–Crippen LogP) is 2.85. The van der Waals surface area contributed by atoms with Crippen LogP contribution in [0.1, 0.15) is 5.56 Å². The number of aromatic hydroxyl groups is 1. The van der Waals surface area contributed by atoms with Gasteiger partial charge >= 0.3 is 0 Å². The normalized spacial score (nSPS) is 11.3. The number of phenolic OH excluding ortho intramolecular Hbond substituents is 1. The summed E-state index contributed by atoms with van der Waals surface area (Å²) in [5, 5.41) is 9.32. The standard InChI is InChI=1S/C13H13BrN2O3S/c1-8-6-9(2-4-11(8)14)16-20(18,19)10-3-5-13(17)12(15)7-10/h2-7,16-17H,15H2,1H3. The molecule has 0 aliphatic heterocycles. The van der Waals surface area contributed by atoms with Crippen LogP contribution in [-0.2, 0) is 10.0 Å². The molecule has 7 heteroatoms. The Morgan fingerprint density at radius 1 is 1.20 bits per heavy atom. The molecule has 2 aromatic carbocycles. The van der Waals surface area contributed by atoms with Gasteiger partial charge in [-0.25, -0.2) is 8.42 Å². The molecule has 0 spiro atoms. The second-order valence-electron chi connectivity index (χ2n) is 4.29. The fourth-order valence-corrected chi connectivity index (χ4v) is 2.95. The Morgan fingerprint density at radius 2 is 1.90 bits per heavy atom. The average molecular weight is 357 g/mol. The highest BCUT2D eigenvalue weighted by molar-refractivity contribution is 9.10. The molecule has 4 N–H and O–H groups in total. The topological polar surface area (TPSA) is 92.4 Å². The summed E-state index contributed by atoms with van der Waals surface area (Å²) in [6.07, 6.45) is 0. The molecular weight excluding hydrogens is 344 g/mol. The van der Waals surface area contributed by atoms with Gasteiger partial charge in [0.1, 0.15) is 5.75 Å². The molecule has 0 amide bonds. The van der Waals surface area contributed by atoms with Gasteiger partial charge in [-0.15, -0.1) is 0 Å². The van der Waals surface area contributed by atoms with Gasteiger partial charge in [-0.05, 0) is 48.9 Å². The molecule has 0 aliphatic carbocycles. The molecule has 0 saturated carbocycles. The van der Waals surface area contributed by atoms with Crippen LogP contribution in [0.5, 0.6) is 5.75 Å². The molecule has 0 fully saturated rings. The first-order valence-corrected chi connectivity index (χ1v) is 7.95. The van der Waals surface area contributed by atoms with Gasteiger partial charge < -0.3 is 10.8 Å². The lowest BCUT2D eigenvalue weighted by Crippen LogP contribution is -2.13. The van der Waals surface area contributed by atoms with E-state index < -0.39 is 10.0 Å². The Bertz CT molecular complexity index is 760. The third-order valence-corrected chi connectivity index (χ3v) is 4.99. The minimum absolute atomic E-state index is 0.00614. The summed E-state index contributed by atoms with van der Waals surface area (Å²) < 4.78 is 27.8. The Balaban J connectivity index is 2.35. The maximum Gasteiger partial charge on any atom is 0.261 e. The van der Waals surface area contributed by atoms with Crippen LogP contribution in [0.4, 0.5) is 11.4 Å². The highest BCUT2D eigenvalue weighted by atomic mass is 79.9. The van der Waals surface area contributed by atoms with E-state index in [0.717, 1.165) is 10.0 Å². The predicted molar refractivity (Wildman–Crippen MR) is 82.2 cm³/mol. The number of hydrogen-bond donors (Lipinski definition) is 3. The molecule has 0 aliphatic rings. The van der Waals surface area contributed by atoms with Crippen LogP contribution in [0, 0.1) is 6.92 Å². The second kappa shape index (κ2) is 5.34. The lowest BCUT2D eigenvalue weighted by atomic mass is 10.2. The summed E-state index contributed by atoms with van der Waals surface area (Å²) in [6, 6.07) is 8.88. The summed E-state index contributed by atoms with van der Waals surface area (Å²) in [5.74, 6) is -0.150. The Morgan fingerprint density at radius 3 is 2.50 bits per heavy atom. The first kappa shape index (κ1) is 14.7. The van der Waals surface area contributed by atoms with Crippen LogP contribution in [0.2, 0.25) is 0 Å². The molecule has 0 aromatic heterocycles. The number of benzene rings is 2. The molecule has 0 radical (unpaired) electrons. The second-order valence-corrected chi connectivity index (χ2v) is 6.83. The third-order valence-electron chi connectivity index (χ3n) is 2.72. The summed E-state index contributed by atoms with van der Waals surface area (Å²) >= 11 is 3.35. The van der Waals surface area contributed by atoms with E-state index in [-0.39, 0.29) is 16.3 Å². The number of nitrogens with one attached hydrogen (secondary N) is 1. The maximum absolute atomic E-state index is 12.2. The van der Waals surface area contributed by atoms with Crippen LogP contribution >= 0.6 is 15.9 Å². The van der Waals surface area contributed by atoms with Crippen molar-refractivity contribution in [1.29, 1.82) is 0 Å². The highest BCUT2D eigenvalue weighted by Gasteiger charge is 2.15. The van der Waals surface area contributed by atoms with E-state index in [2.05, 4.69) is 20.7 Å². The summed E-state index contributed by atoms with van der Waals surface area (Å²) in [5.41, 5.74) is 6.89. The molecule has 2 rings (SSSR count).